The van der Waals surface area contributed by atoms with Crippen molar-refractivity contribution in [2.24, 2.45) is 10.9 Å². The van der Waals surface area contributed by atoms with Gasteiger partial charge in [0, 0.05) is 12.1 Å². The van der Waals surface area contributed by atoms with Crippen LogP contribution in [0.25, 0.3) is 5.57 Å². The maximum Gasteiger partial charge on any atom is 0.188 e. The number of aromatic nitrogens is 1. The van der Waals surface area contributed by atoms with E-state index < -0.39 is 5.82 Å². The summed E-state index contributed by atoms with van der Waals surface area (Å²) in [7, 11) is 0. The summed E-state index contributed by atoms with van der Waals surface area (Å²) in [5.41, 5.74) is 6.33. The summed E-state index contributed by atoms with van der Waals surface area (Å²) in [5.74, 6) is -0.791. The van der Waals surface area contributed by atoms with Gasteiger partial charge in [0.1, 0.15) is 11.5 Å². The van der Waals surface area contributed by atoms with Crippen molar-refractivity contribution < 1.29 is 9.60 Å². The second kappa shape index (κ2) is 5.60. The van der Waals surface area contributed by atoms with E-state index in [2.05, 4.69) is 23.3 Å². The highest BCUT2D eigenvalue weighted by Gasteiger charge is 2.08. The molecule has 0 aliphatic rings. The molecule has 0 amide bonds. The summed E-state index contributed by atoms with van der Waals surface area (Å²) in [6.45, 7) is 7.13. The number of rotatable bonds is 4. The fourth-order valence-electron chi connectivity index (χ4n) is 1.21. The van der Waals surface area contributed by atoms with Crippen molar-refractivity contribution in [1.82, 2.24) is 4.98 Å². The molecular formula is C12H12FN3O. The van der Waals surface area contributed by atoms with Crippen LogP contribution in [0.15, 0.2) is 48.7 Å². The van der Waals surface area contributed by atoms with Gasteiger partial charge in [0.2, 0.25) is 0 Å². The first-order valence-corrected chi connectivity index (χ1v) is 4.73. The number of amidine groups is 1. The SMILES string of the molecule is C=C/C=C(\C=C)c1cc(F)cc(/C(N)=N/O)n1. The first-order valence-electron chi connectivity index (χ1n) is 4.73. The second-order valence-corrected chi connectivity index (χ2v) is 3.10. The highest BCUT2D eigenvalue weighted by Crippen LogP contribution is 2.15. The van der Waals surface area contributed by atoms with Gasteiger partial charge < -0.3 is 10.9 Å². The van der Waals surface area contributed by atoms with Crippen LogP contribution in [0.4, 0.5) is 4.39 Å². The molecule has 1 aromatic rings. The molecule has 0 spiro atoms. The minimum atomic E-state index is -0.534. The van der Waals surface area contributed by atoms with Crippen LogP contribution < -0.4 is 5.73 Å². The van der Waals surface area contributed by atoms with Crippen LogP contribution >= 0.6 is 0 Å². The van der Waals surface area contributed by atoms with Crippen LogP contribution in [-0.4, -0.2) is 16.0 Å². The molecule has 1 aromatic heterocycles. The Kier molecular flexibility index (Phi) is 4.16. The quantitative estimate of drug-likeness (QED) is 0.275. The van der Waals surface area contributed by atoms with Gasteiger partial charge in [0.25, 0.3) is 0 Å². The Bertz CT molecular complexity index is 506. The average molecular weight is 233 g/mol. The molecule has 0 unspecified atom stereocenters. The number of allylic oxidation sites excluding steroid dienone is 4. The molecule has 0 radical (unpaired) electrons. The molecule has 0 bridgehead atoms. The van der Waals surface area contributed by atoms with Crippen molar-refractivity contribution in [2.45, 2.75) is 0 Å². The van der Waals surface area contributed by atoms with E-state index in [1.165, 1.54) is 18.2 Å². The van der Waals surface area contributed by atoms with Gasteiger partial charge in [-0.3, -0.25) is 0 Å². The summed E-state index contributed by atoms with van der Waals surface area (Å²) in [6.07, 6.45) is 4.68. The lowest BCUT2D eigenvalue weighted by molar-refractivity contribution is 0.318. The Hall–Kier alpha value is -2.43. The molecule has 0 saturated heterocycles. The molecule has 0 aromatic carbocycles. The summed E-state index contributed by atoms with van der Waals surface area (Å²) < 4.78 is 13.3. The predicted molar refractivity (Wildman–Crippen MR) is 65.1 cm³/mol. The molecule has 0 fully saturated rings. The van der Waals surface area contributed by atoms with Crippen molar-refractivity contribution in [3.05, 3.63) is 60.7 Å². The number of hydrogen-bond donors (Lipinski definition) is 2. The first-order chi connectivity index (χ1) is 8.12. The summed E-state index contributed by atoms with van der Waals surface area (Å²) in [6, 6.07) is 2.30. The largest absolute Gasteiger partial charge is 0.409 e. The first kappa shape index (κ1) is 12.6. The van der Waals surface area contributed by atoms with Gasteiger partial charge in [0.15, 0.2) is 5.84 Å². The fourth-order valence-corrected chi connectivity index (χ4v) is 1.21. The van der Waals surface area contributed by atoms with E-state index in [4.69, 9.17) is 10.9 Å². The minimum Gasteiger partial charge on any atom is -0.409 e. The maximum absolute atomic E-state index is 13.3. The monoisotopic (exact) mass is 233 g/mol. The van der Waals surface area contributed by atoms with Gasteiger partial charge in [0.05, 0.1) is 5.69 Å². The fraction of sp³-hybridized carbons (Fsp3) is 0. The molecule has 0 aliphatic heterocycles. The lowest BCUT2D eigenvalue weighted by atomic mass is 10.1. The molecule has 1 rings (SSSR count). The van der Waals surface area contributed by atoms with Crippen molar-refractivity contribution in [2.75, 3.05) is 0 Å². The van der Waals surface area contributed by atoms with Gasteiger partial charge in [-0.2, -0.15) is 0 Å². The highest BCUT2D eigenvalue weighted by molar-refractivity contribution is 5.95. The number of oxime groups is 1. The van der Waals surface area contributed by atoms with Crippen molar-refractivity contribution in [3.8, 4) is 0 Å². The molecule has 17 heavy (non-hydrogen) atoms. The van der Waals surface area contributed by atoms with Crippen molar-refractivity contribution in [3.63, 3.8) is 0 Å². The summed E-state index contributed by atoms with van der Waals surface area (Å²) in [4.78, 5) is 4.05. The van der Waals surface area contributed by atoms with Gasteiger partial charge >= 0.3 is 0 Å². The normalized spacial score (nSPS) is 12.3. The van der Waals surface area contributed by atoms with Crippen LogP contribution in [0.2, 0.25) is 0 Å². The van der Waals surface area contributed by atoms with Crippen LogP contribution in [0.1, 0.15) is 11.4 Å². The summed E-state index contributed by atoms with van der Waals surface area (Å²) >= 11 is 0. The Morgan fingerprint density at radius 2 is 2.06 bits per heavy atom. The molecule has 88 valence electrons. The topological polar surface area (TPSA) is 71.5 Å². The van der Waals surface area contributed by atoms with E-state index in [1.54, 1.807) is 6.08 Å². The third kappa shape index (κ3) is 3.01. The zero-order valence-electron chi connectivity index (χ0n) is 9.10. The number of nitrogens with two attached hydrogens (primary N) is 1. The van der Waals surface area contributed by atoms with Crippen molar-refractivity contribution in [1.29, 1.82) is 0 Å². The van der Waals surface area contributed by atoms with Gasteiger partial charge in [-0.05, 0) is 5.57 Å². The Morgan fingerprint density at radius 1 is 1.41 bits per heavy atom. The van der Waals surface area contributed by atoms with E-state index in [9.17, 15) is 4.39 Å². The van der Waals surface area contributed by atoms with Crippen LogP contribution in [0.3, 0.4) is 0 Å². The second-order valence-electron chi connectivity index (χ2n) is 3.10. The van der Waals surface area contributed by atoms with E-state index in [1.807, 2.05) is 0 Å². The molecule has 3 N–H and O–H groups in total. The number of pyridine rings is 1. The predicted octanol–water partition coefficient (Wildman–Crippen LogP) is 2.07. The standard InChI is InChI=1S/C12H12FN3O/c1-3-5-8(4-2)10-6-9(13)7-11(15-10)12(14)16-17/h3-7,17H,1-2H2,(H2,14,16)/b8-5+. The zero-order valence-corrected chi connectivity index (χ0v) is 9.10. The molecule has 0 atom stereocenters. The Balaban J connectivity index is 3.35. The molecular weight excluding hydrogens is 221 g/mol. The molecule has 4 nitrogen and oxygen atoms in total. The van der Waals surface area contributed by atoms with Crippen LogP contribution in [0.5, 0.6) is 0 Å². The number of halogens is 1. The van der Waals surface area contributed by atoms with E-state index in [0.29, 0.717) is 11.3 Å². The summed E-state index contributed by atoms with van der Waals surface area (Å²) in [5, 5.41) is 11.3. The van der Waals surface area contributed by atoms with Crippen molar-refractivity contribution >= 4 is 11.4 Å². The van der Waals surface area contributed by atoms with E-state index >= 15 is 0 Å². The highest BCUT2D eigenvalue weighted by atomic mass is 19.1. The van der Waals surface area contributed by atoms with Crippen LogP contribution in [0, 0.1) is 5.82 Å². The number of nitrogens with zero attached hydrogens (tertiary/aromatic N) is 2. The smallest absolute Gasteiger partial charge is 0.188 e. The molecule has 0 aliphatic carbocycles. The lowest BCUT2D eigenvalue weighted by Crippen LogP contribution is -2.16. The zero-order chi connectivity index (χ0) is 12.8. The molecule has 1 heterocycles. The maximum atomic E-state index is 13.3. The minimum absolute atomic E-state index is 0.0549. The molecule has 5 heteroatoms. The van der Waals surface area contributed by atoms with E-state index in [-0.39, 0.29) is 11.5 Å². The third-order valence-corrected chi connectivity index (χ3v) is 1.97. The molecule has 0 saturated carbocycles. The third-order valence-electron chi connectivity index (χ3n) is 1.97. The van der Waals surface area contributed by atoms with Crippen LogP contribution in [-0.2, 0) is 0 Å². The Morgan fingerprint density at radius 3 is 2.59 bits per heavy atom. The van der Waals surface area contributed by atoms with Gasteiger partial charge in [-0.25, -0.2) is 9.37 Å². The Labute approximate surface area is 98.3 Å². The lowest BCUT2D eigenvalue weighted by Gasteiger charge is -2.04. The van der Waals surface area contributed by atoms with Gasteiger partial charge in [-0.15, -0.1) is 0 Å². The average Bonchev–Trinajstić information content (AvgIpc) is 2.34. The van der Waals surface area contributed by atoms with E-state index in [0.717, 1.165) is 6.07 Å². The number of hydrogen-bond acceptors (Lipinski definition) is 3. The van der Waals surface area contributed by atoms with Gasteiger partial charge in [-0.1, -0.05) is 36.5 Å².